The van der Waals surface area contributed by atoms with Gasteiger partial charge in [0, 0.05) is 18.7 Å². The van der Waals surface area contributed by atoms with Crippen LogP contribution in [0.15, 0.2) is 18.3 Å². The molecular formula is C16H24N4. The molecule has 2 aromatic heterocycles. The highest BCUT2D eigenvalue weighted by Gasteiger charge is 2.23. The summed E-state index contributed by atoms with van der Waals surface area (Å²) in [5, 5.41) is 0. The average molecular weight is 272 g/mol. The zero-order chi connectivity index (χ0) is 14.1. The van der Waals surface area contributed by atoms with E-state index in [4.69, 9.17) is 4.98 Å². The summed E-state index contributed by atoms with van der Waals surface area (Å²) in [6.45, 7) is 6.84. The molecular weight excluding hydrogens is 248 g/mol. The van der Waals surface area contributed by atoms with Gasteiger partial charge < -0.3 is 9.47 Å². The van der Waals surface area contributed by atoms with Crippen molar-refractivity contribution >= 4 is 11.2 Å². The lowest BCUT2D eigenvalue weighted by molar-refractivity contribution is 0.220. The Morgan fingerprint density at radius 1 is 1.30 bits per heavy atom. The highest BCUT2D eigenvalue weighted by molar-refractivity contribution is 5.71. The van der Waals surface area contributed by atoms with E-state index < -0.39 is 0 Å². The van der Waals surface area contributed by atoms with Crippen molar-refractivity contribution in [2.24, 2.45) is 5.92 Å². The zero-order valence-electron chi connectivity index (χ0n) is 12.7. The first-order chi connectivity index (χ1) is 9.65. The lowest BCUT2D eigenvalue weighted by Crippen LogP contribution is -2.32. The topological polar surface area (TPSA) is 34.0 Å². The van der Waals surface area contributed by atoms with Crippen LogP contribution in [0.5, 0.6) is 0 Å². The maximum Gasteiger partial charge on any atom is 0.160 e. The molecule has 1 saturated heterocycles. The number of hydrogen-bond acceptors (Lipinski definition) is 3. The van der Waals surface area contributed by atoms with Gasteiger partial charge in [0.05, 0.1) is 0 Å². The van der Waals surface area contributed by atoms with Gasteiger partial charge in [0.2, 0.25) is 0 Å². The van der Waals surface area contributed by atoms with Crippen LogP contribution in [0.4, 0.5) is 0 Å². The maximum atomic E-state index is 4.83. The molecule has 0 saturated carbocycles. The Morgan fingerprint density at radius 2 is 2.05 bits per heavy atom. The first kappa shape index (κ1) is 13.6. The van der Waals surface area contributed by atoms with Crippen LogP contribution >= 0.6 is 0 Å². The van der Waals surface area contributed by atoms with E-state index in [0.717, 1.165) is 30.7 Å². The third-order valence-corrected chi connectivity index (χ3v) is 4.17. The van der Waals surface area contributed by atoms with Crippen LogP contribution in [0.1, 0.15) is 38.6 Å². The molecule has 108 valence electrons. The first-order valence-electron chi connectivity index (χ1n) is 7.65. The van der Waals surface area contributed by atoms with Crippen molar-refractivity contribution in [1.29, 1.82) is 0 Å². The van der Waals surface area contributed by atoms with Crippen molar-refractivity contribution in [3.05, 3.63) is 24.2 Å². The lowest BCUT2D eigenvalue weighted by atomic mass is 10.0. The largest absolute Gasteiger partial charge is 0.309 e. The van der Waals surface area contributed by atoms with E-state index >= 15 is 0 Å². The highest BCUT2D eigenvalue weighted by Crippen LogP contribution is 2.28. The normalized spacial score (nSPS) is 18.2. The Hall–Kier alpha value is -1.42. The predicted octanol–water partition coefficient (Wildman–Crippen LogP) is 2.90. The van der Waals surface area contributed by atoms with Crippen molar-refractivity contribution in [1.82, 2.24) is 19.4 Å². The number of pyridine rings is 1. The fourth-order valence-electron chi connectivity index (χ4n) is 3.12. The molecule has 0 bridgehead atoms. The number of likely N-dealkylation sites (tertiary alicyclic amines) is 1. The quantitative estimate of drug-likeness (QED) is 0.861. The SMILES string of the molecule is CC(C)Cc1nc2cccnc2n1C1CCN(C)CC1. The van der Waals surface area contributed by atoms with E-state index in [0.29, 0.717) is 12.0 Å². The Morgan fingerprint density at radius 3 is 2.75 bits per heavy atom. The molecule has 3 rings (SSSR count). The number of aromatic nitrogens is 3. The summed E-state index contributed by atoms with van der Waals surface area (Å²) in [6.07, 6.45) is 5.31. The minimum Gasteiger partial charge on any atom is -0.309 e. The van der Waals surface area contributed by atoms with Crippen LogP contribution in [0.2, 0.25) is 0 Å². The number of imidazole rings is 1. The molecule has 0 aliphatic carbocycles. The molecule has 20 heavy (non-hydrogen) atoms. The second-order valence-corrected chi connectivity index (χ2v) is 6.38. The molecule has 0 aromatic carbocycles. The number of nitrogens with zero attached hydrogens (tertiary/aromatic N) is 4. The molecule has 4 heteroatoms. The molecule has 0 radical (unpaired) electrons. The summed E-state index contributed by atoms with van der Waals surface area (Å²) in [6, 6.07) is 4.62. The van der Waals surface area contributed by atoms with Gasteiger partial charge in [-0.3, -0.25) is 0 Å². The van der Waals surface area contributed by atoms with Gasteiger partial charge in [-0.1, -0.05) is 13.8 Å². The Kier molecular flexibility index (Phi) is 3.74. The molecule has 0 unspecified atom stereocenters. The zero-order valence-corrected chi connectivity index (χ0v) is 12.7. The van der Waals surface area contributed by atoms with Crippen molar-refractivity contribution in [2.75, 3.05) is 20.1 Å². The lowest BCUT2D eigenvalue weighted by Gasteiger charge is -2.31. The molecule has 4 nitrogen and oxygen atoms in total. The smallest absolute Gasteiger partial charge is 0.160 e. The fraction of sp³-hybridized carbons (Fsp3) is 0.625. The molecule has 3 heterocycles. The monoisotopic (exact) mass is 272 g/mol. The van der Waals surface area contributed by atoms with Gasteiger partial charge in [0.15, 0.2) is 5.65 Å². The van der Waals surface area contributed by atoms with Gasteiger partial charge in [-0.2, -0.15) is 0 Å². The average Bonchev–Trinajstić information content (AvgIpc) is 2.77. The third-order valence-electron chi connectivity index (χ3n) is 4.17. The minimum atomic E-state index is 0.555. The molecule has 1 aliphatic heterocycles. The van der Waals surface area contributed by atoms with Crippen molar-refractivity contribution < 1.29 is 0 Å². The predicted molar refractivity (Wildman–Crippen MR) is 81.8 cm³/mol. The molecule has 1 fully saturated rings. The van der Waals surface area contributed by atoms with E-state index in [1.165, 1.54) is 18.7 Å². The standard InChI is InChI=1S/C16H24N4/c1-12(2)11-15-18-14-5-4-8-17-16(14)20(15)13-6-9-19(3)10-7-13/h4-5,8,12-13H,6-7,9-11H2,1-3H3. The third kappa shape index (κ3) is 2.57. The van der Waals surface area contributed by atoms with Crippen molar-refractivity contribution in [2.45, 2.75) is 39.2 Å². The Bertz CT molecular complexity index is 579. The molecule has 1 aliphatic rings. The van der Waals surface area contributed by atoms with Crippen LogP contribution in [0.25, 0.3) is 11.2 Å². The second-order valence-electron chi connectivity index (χ2n) is 6.38. The first-order valence-corrected chi connectivity index (χ1v) is 7.65. The van der Waals surface area contributed by atoms with E-state index in [1.807, 2.05) is 12.3 Å². The van der Waals surface area contributed by atoms with Crippen LogP contribution in [-0.4, -0.2) is 39.6 Å². The summed E-state index contributed by atoms with van der Waals surface area (Å²) in [5.41, 5.74) is 2.11. The summed E-state index contributed by atoms with van der Waals surface area (Å²) in [4.78, 5) is 11.8. The van der Waals surface area contributed by atoms with Gasteiger partial charge >= 0.3 is 0 Å². The summed E-state index contributed by atoms with van der Waals surface area (Å²) < 4.78 is 2.42. The summed E-state index contributed by atoms with van der Waals surface area (Å²) in [5.74, 6) is 1.83. The molecule has 0 N–H and O–H groups in total. The van der Waals surface area contributed by atoms with Crippen molar-refractivity contribution in [3.63, 3.8) is 0 Å². The van der Waals surface area contributed by atoms with Crippen LogP contribution in [-0.2, 0) is 6.42 Å². The maximum absolute atomic E-state index is 4.83. The molecule has 0 amide bonds. The number of rotatable bonds is 3. The van der Waals surface area contributed by atoms with Crippen LogP contribution < -0.4 is 0 Å². The van der Waals surface area contributed by atoms with Gasteiger partial charge in [-0.15, -0.1) is 0 Å². The number of fused-ring (bicyclic) bond motifs is 1. The number of piperidine rings is 1. The molecule has 2 aromatic rings. The van der Waals surface area contributed by atoms with Crippen molar-refractivity contribution in [3.8, 4) is 0 Å². The van der Waals surface area contributed by atoms with Gasteiger partial charge in [0.25, 0.3) is 0 Å². The minimum absolute atomic E-state index is 0.555. The highest BCUT2D eigenvalue weighted by atomic mass is 15.2. The van der Waals surface area contributed by atoms with E-state index in [-0.39, 0.29) is 0 Å². The molecule has 0 spiro atoms. The van der Waals surface area contributed by atoms with Crippen LogP contribution in [0.3, 0.4) is 0 Å². The second kappa shape index (κ2) is 5.52. The fourth-order valence-corrected chi connectivity index (χ4v) is 3.12. The Balaban J connectivity index is 2.01. The van der Waals surface area contributed by atoms with E-state index in [2.05, 4.69) is 41.4 Å². The van der Waals surface area contributed by atoms with Gasteiger partial charge in [-0.05, 0) is 51.0 Å². The van der Waals surface area contributed by atoms with Crippen LogP contribution in [0, 0.1) is 5.92 Å². The molecule has 0 atom stereocenters. The van der Waals surface area contributed by atoms with E-state index in [9.17, 15) is 0 Å². The summed E-state index contributed by atoms with van der Waals surface area (Å²) >= 11 is 0. The Labute approximate surface area is 120 Å². The number of hydrogen-bond donors (Lipinski definition) is 0. The summed E-state index contributed by atoms with van der Waals surface area (Å²) in [7, 11) is 2.20. The van der Waals surface area contributed by atoms with Gasteiger partial charge in [-0.25, -0.2) is 9.97 Å². The van der Waals surface area contributed by atoms with Gasteiger partial charge in [0.1, 0.15) is 11.3 Å². The van der Waals surface area contributed by atoms with E-state index in [1.54, 1.807) is 0 Å².